The van der Waals surface area contributed by atoms with E-state index in [0.29, 0.717) is 23.6 Å². The lowest BCUT2D eigenvalue weighted by molar-refractivity contribution is -0.111. The van der Waals surface area contributed by atoms with Gasteiger partial charge in [-0.05, 0) is 63.1 Å². The zero-order valence-electron chi connectivity index (χ0n) is 17.0. The number of anilines is 1. The molecule has 0 aliphatic rings. The predicted molar refractivity (Wildman–Crippen MR) is 114 cm³/mol. The van der Waals surface area contributed by atoms with E-state index in [9.17, 15) is 9.59 Å². The fourth-order valence-electron chi connectivity index (χ4n) is 3.16. The van der Waals surface area contributed by atoms with Crippen LogP contribution in [0.5, 0.6) is 5.75 Å². The summed E-state index contributed by atoms with van der Waals surface area (Å²) in [4.78, 5) is 23.8. The summed E-state index contributed by atoms with van der Waals surface area (Å²) >= 11 is 0. The Bertz CT molecular complexity index is 1130. The van der Waals surface area contributed by atoms with Gasteiger partial charge in [-0.15, -0.1) is 0 Å². The second-order valence-electron chi connectivity index (χ2n) is 6.82. The molecule has 1 heterocycles. The number of nitrogens with two attached hydrogens (primary N) is 1. The van der Waals surface area contributed by atoms with E-state index in [1.807, 2.05) is 39.8 Å². The Morgan fingerprint density at radius 2 is 1.97 bits per heavy atom. The van der Waals surface area contributed by atoms with Gasteiger partial charge in [0.2, 0.25) is 11.8 Å². The molecule has 3 rings (SSSR count). The van der Waals surface area contributed by atoms with Crippen LogP contribution in [0.1, 0.15) is 41.1 Å². The first-order valence-electron chi connectivity index (χ1n) is 9.36. The minimum Gasteiger partial charge on any atom is -0.493 e. The van der Waals surface area contributed by atoms with Gasteiger partial charge in [-0.3, -0.25) is 9.59 Å². The molecule has 3 aromatic rings. The number of carbonyl (C=O) groups is 2. The molecule has 3 N–H and O–H groups in total. The standard InChI is InChI=1S/C23H24N2O4/c1-5-28-20-12-21-19(14(3)15(4)29-21)11-18(20)13(2)9-22(26)25-17-8-6-7-16(10-17)23(24)27/h6-12H,5H2,1-4H3,(H2,24,27)(H,25,26)/b13-9+. The van der Waals surface area contributed by atoms with Crippen molar-refractivity contribution in [1.29, 1.82) is 0 Å². The van der Waals surface area contributed by atoms with Crippen LogP contribution in [0.4, 0.5) is 5.69 Å². The molecule has 6 heteroatoms. The van der Waals surface area contributed by atoms with Crippen molar-refractivity contribution >= 4 is 34.0 Å². The Labute approximate surface area is 169 Å². The largest absolute Gasteiger partial charge is 0.493 e. The molecule has 1 aromatic heterocycles. The van der Waals surface area contributed by atoms with E-state index >= 15 is 0 Å². The van der Waals surface area contributed by atoms with Crippen LogP contribution in [0.3, 0.4) is 0 Å². The van der Waals surface area contributed by atoms with Crippen molar-refractivity contribution in [3.05, 3.63) is 64.9 Å². The summed E-state index contributed by atoms with van der Waals surface area (Å²) in [6.07, 6.45) is 1.50. The number of allylic oxidation sites excluding steroid dienone is 1. The molecule has 0 bridgehead atoms. The van der Waals surface area contributed by atoms with Gasteiger partial charge in [0.15, 0.2) is 0 Å². The minimum atomic E-state index is -0.548. The molecule has 0 spiro atoms. The van der Waals surface area contributed by atoms with Gasteiger partial charge in [0.25, 0.3) is 0 Å². The van der Waals surface area contributed by atoms with Crippen molar-refractivity contribution in [1.82, 2.24) is 0 Å². The maximum absolute atomic E-state index is 12.5. The molecule has 0 unspecified atom stereocenters. The topological polar surface area (TPSA) is 94.6 Å². The molecule has 29 heavy (non-hydrogen) atoms. The average Bonchev–Trinajstić information content (AvgIpc) is 2.94. The van der Waals surface area contributed by atoms with E-state index in [-0.39, 0.29) is 5.91 Å². The molecule has 150 valence electrons. The predicted octanol–water partition coefficient (Wildman–Crippen LogP) is 4.59. The van der Waals surface area contributed by atoms with Crippen molar-refractivity contribution in [3.8, 4) is 5.75 Å². The molecule has 0 aliphatic carbocycles. The second kappa shape index (κ2) is 8.22. The van der Waals surface area contributed by atoms with Gasteiger partial charge < -0.3 is 20.2 Å². The van der Waals surface area contributed by atoms with Crippen LogP contribution < -0.4 is 15.8 Å². The Morgan fingerprint density at radius 1 is 1.21 bits per heavy atom. The zero-order chi connectivity index (χ0) is 21.1. The van der Waals surface area contributed by atoms with E-state index < -0.39 is 5.91 Å². The highest BCUT2D eigenvalue weighted by Crippen LogP contribution is 2.35. The van der Waals surface area contributed by atoms with Crippen LogP contribution in [0.25, 0.3) is 16.5 Å². The molecular formula is C23H24N2O4. The number of aryl methyl sites for hydroxylation is 2. The van der Waals surface area contributed by atoms with E-state index in [4.69, 9.17) is 14.9 Å². The summed E-state index contributed by atoms with van der Waals surface area (Å²) < 4.78 is 11.6. The number of nitrogens with one attached hydrogen (secondary N) is 1. The Kier molecular flexibility index (Phi) is 5.73. The van der Waals surface area contributed by atoms with Gasteiger partial charge in [-0.25, -0.2) is 0 Å². The fraction of sp³-hybridized carbons (Fsp3) is 0.217. The number of furan rings is 1. The van der Waals surface area contributed by atoms with Crippen LogP contribution in [-0.4, -0.2) is 18.4 Å². The van der Waals surface area contributed by atoms with Gasteiger partial charge in [-0.1, -0.05) is 6.07 Å². The first kappa shape index (κ1) is 20.2. The lowest BCUT2D eigenvalue weighted by Gasteiger charge is -2.11. The van der Waals surface area contributed by atoms with E-state index in [2.05, 4.69) is 5.32 Å². The molecule has 6 nitrogen and oxygen atoms in total. The number of hydrogen-bond donors (Lipinski definition) is 2. The third-order valence-corrected chi connectivity index (χ3v) is 4.76. The van der Waals surface area contributed by atoms with Crippen molar-refractivity contribution in [2.75, 3.05) is 11.9 Å². The van der Waals surface area contributed by atoms with Crippen LogP contribution in [0.2, 0.25) is 0 Å². The molecule has 2 aromatic carbocycles. The number of ether oxygens (including phenoxy) is 1. The molecule has 0 atom stereocenters. The molecule has 0 saturated carbocycles. The van der Waals surface area contributed by atoms with Crippen molar-refractivity contribution < 1.29 is 18.7 Å². The van der Waals surface area contributed by atoms with Gasteiger partial charge in [0, 0.05) is 34.3 Å². The third-order valence-electron chi connectivity index (χ3n) is 4.76. The second-order valence-corrected chi connectivity index (χ2v) is 6.82. The van der Waals surface area contributed by atoms with Crippen molar-refractivity contribution in [2.24, 2.45) is 5.73 Å². The van der Waals surface area contributed by atoms with Crippen LogP contribution >= 0.6 is 0 Å². The molecule has 2 amide bonds. The van der Waals surface area contributed by atoms with Crippen molar-refractivity contribution in [2.45, 2.75) is 27.7 Å². The average molecular weight is 392 g/mol. The number of rotatable bonds is 6. The number of amides is 2. The number of hydrogen-bond acceptors (Lipinski definition) is 4. The summed E-state index contributed by atoms with van der Waals surface area (Å²) in [6, 6.07) is 10.3. The van der Waals surface area contributed by atoms with Gasteiger partial charge >= 0.3 is 0 Å². The van der Waals surface area contributed by atoms with Crippen LogP contribution in [0, 0.1) is 13.8 Å². The van der Waals surface area contributed by atoms with E-state index in [1.54, 1.807) is 24.3 Å². The lowest BCUT2D eigenvalue weighted by atomic mass is 10.0. The number of carbonyl (C=O) groups excluding carboxylic acids is 2. The van der Waals surface area contributed by atoms with Gasteiger partial charge in [0.05, 0.1) is 6.61 Å². The summed E-state index contributed by atoms with van der Waals surface area (Å²) in [5.74, 6) is 0.652. The minimum absolute atomic E-state index is 0.313. The molecule has 0 saturated heterocycles. The fourth-order valence-corrected chi connectivity index (χ4v) is 3.16. The summed E-state index contributed by atoms with van der Waals surface area (Å²) in [5.41, 5.74) is 9.51. The summed E-state index contributed by atoms with van der Waals surface area (Å²) in [6.45, 7) is 8.18. The Morgan fingerprint density at radius 3 is 2.66 bits per heavy atom. The Balaban J connectivity index is 1.93. The highest BCUT2D eigenvalue weighted by Gasteiger charge is 2.15. The number of benzene rings is 2. The maximum Gasteiger partial charge on any atom is 0.248 e. The highest BCUT2D eigenvalue weighted by atomic mass is 16.5. The van der Waals surface area contributed by atoms with Gasteiger partial charge in [-0.2, -0.15) is 0 Å². The zero-order valence-corrected chi connectivity index (χ0v) is 17.0. The van der Waals surface area contributed by atoms with E-state index in [0.717, 1.165) is 33.4 Å². The lowest BCUT2D eigenvalue weighted by Crippen LogP contribution is -2.13. The first-order chi connectivity index (χ1) is 13.8. The van der Waals surface area contributed by atoms with Crippen molar-refractivity contribution in [3.63, 3.8) is 0 Å². The van der Waals surface area contributed by atoms with Gasteiger partial charge in [0.1, 0.15) is 17.1 Å². The maximum atomic E-state index is 12.5. The molecule has 0 aliphatic heterocycles. The Hall–Kier alpha value is -3.54. The SMILES string of the molecule is CCOc1cc2oc(C)c(C)c2cc1/C(C)=C/C(=O)Nc1cccc(C(N)=O)c1. The third kappa shape index (κ3) is 4.32. The molecular weight excluding hydrogens is 368 g/mol. The van der Waals surface area contributed by atoms with E-state index in [1.165, 1.54) is 6.08 Å². The first-order valence-corrected chi connectivity index (χ1v) is 9.36. The number of fused-ring (bicyclic) bond motifs is 1. The van der Waals surface area contributed by atoms with Crippen LogP contribution in [-0.2, 0) is 4.79 Å². The van der Waals surface area contributed by atoms with Crippen LogP contribution in [0.15, 0.2) is 46.9 Å². The normalized spacial score (nSPS) is 11.5. The summed E-state index contributed by atoms with van der Waals surface area (Å²) in [5, 5.41) is 3.75. The highest BCUT2D eigenvalue weighted by molar-refractivity contribution is 6.05. The molecule has 0 fully saturated rings. The molecule has 0 radical (unpaired) electrons. The smallest absolute Gasteiger partial charge is 0.248 e. The number of primary amides is 1. The summed E-state index contributed by atoms with van der Waals surface area (Å²) in [7, 11) is 0. The quantitative estimate of drug-likeness (QED) is 0.600. The monoisotopic (exact) mass is 392 g/mol.